The molecule has 2 nitrogen and oxygen atoms in total. The molecule has 2 rings (SSSR count). The van der Waals surface area contributed by atoms with E-state index in [4.69, 9.17) is 9.47 Å². The molecule has 0 aromatic rings. The summed E-state index contributed by atoms with van der Waals surface area (Å²) in [4.78, 5) is 0. The van der Waals surface area contributed by atoms with Crippen molar-refractivity contribution in [1.82, 2.24) is 0 Å². The van der Waals surface area contributed by atoms with Gasteiger partial charge in [-0.2, -0.15) is 0 Å². The van der Waals surface area contributed by atoms with Gasteiger partial charge in [0, 0.05) is 5.41 Å². The Morgan fingerprint density at radius 2 is 1.73 bits per heavy atom. The molecule has 11 heavy (non-hydrogen) atoms. The highest BCUT2D eigenvalue weighted by molar-refractivity contribution is 5.02. The minimum absolute atomic E-state index is 0.248. The quantitative estimate of drug-likeness (QED) is 0.608. The molecule has 1 saturated heterocycles. The summed E-state index contributed by atoms with van der Waals surface area (Å²) in [5.41, 5.74) is 0.365. The fraction of sp³-hybridized carbons (Fsp3) is 1.00. The summed E-state index contributed by atoms with van der Waals surface area (Å²) < 4.78 is 11.3. The second kappa shape index (κ2) is 2.20. The van der Waals surface area contributed by atoms with Gasteiger partial charge in [0.2, 0.25) is 0 Å². The van der Waals surface area contributed by atoms with Crippen molar-refractivity contribution in [3.05, 3.63) is 0 Å². The van der Waals surface area contributed by atoms with E-state index in [0.717, 1.165) is 13.2 Å². The van der Waals surface area contributed by atoms with E-state index < -0.39 is 0 Å². The maximum Gasteiger partial charge on any atom is 0.171 e. The zero-order chi connectivity index (χ0) is 7.95. The molecule has 0 unspecified atom stereocenters. The van der Waals surface area contributed by atoms with Gasteiger partial charge in [-0.3, -0.25) is 0 Å². The second-order valence-electron chi connectivity index (χ2n) is 3.78. The van der Waals surface area contributed by atoms with Gasteiger partial charge < -0.3 is 9.47 Å². The van der Waals surface area contributed by atoms with Crippen LogP contribution in [0.2, 0.25) is 0 Å². The Hall–Kier alpha value is -0.0800. The highest BCUT2D eigenvalue weighted by Crippen LogP contribution is 2.59. The molecular weight excluding hydrogens is 140 g/mol. The lowest BCUT2D eigenvalue weighted by Gasteiger charge is -2.31. The molecule has 0 N–H and O–H groups in total. The fourth-order valence-electron chi connectivity index (χ4n) is 2.10. The van der Waals surface area contributed by atoms with E-state index in [9.17, 15) is 0 Å². The molecule has 64 valence electrons. The van der Waals surface area contributed by atoms with Crippen LogP contribution in [0, 0.1) is 5.41 Å². The Kier molecular flexibility index (Phi) is 1.52. The molecule has 2 heteroatoms. The third-order valence-corrected chi connectivity index (χ3v) is 3.33. The first kappa shape index (κ1) is 7.56. The molecule has 0 radical (unpaired) electrons. The van der Waals surface area contributed by atoms with Crippen LogP contribution in [0.1, 0.15) is 33.1 Å². The molecule has 0 aromatic heterocycles. The van der Waals surface area contributed by atoms with E-state index in [1.54, 1.807) is 0 Å². The molecule has 0 atom stereocenters. The summed E-state index contributed by atoms with van der Waals surface area (Å²) in [7, 11) is 0. The van der Waals surface area contributed by atoms with Crippen molar-refractivity contribution in [3.63, 3.8) is 0 Å². The van der Waals surface area contributed by atoms with Gasteiger partial charge in [0.25, 0.3) is 0 Å². The Bertz CT molecular complexity index is 155. The van der Waals surface area contributed by atoms with E-state index >= 15 is 0 Å². The number of rotatable bonds is 2. The molecule has 1 aliphatic heterocycles. The molecule has 0 spiro atoms. The summed E-state index contributed by atoms with van der Waals surface area (Å²) in [6, 6.07) is 0. The van der Waals surface area contributed by atoms with Crippen molar-refractivity contribution in [2.24, 2.45) is 5.41 Å². The first-order valence-electron chi connectivity index (χ1n) is 4.50. The maximum atomic E-state index is 5.64. The average Bonchev–Trinajstić information content (AvgIpc) is 2.71. The van der Waals surface area contributed by atoms with Crippen molar-refractivity contribution >= 4 is 0 Å². The van der Waals surface area contributed by atoms with Crippen molar-refractivity contribution in [3.8, 4) is 0 Å². The van der Waals surface area contributed by atoms with Gasteiger partial charge in [0.15, 0.2) is 5.79 Å². The summed E-state index contributed by atoms with van der Waals surface area (Å²) in [5.74, 6) is -0.248. The van der Waals surface area contributed by atoms with Gasteiger partial charge >= 0.3 is 0 Å². The highest BCUT2D eigenvalue weighted by Gasteiger charge is 2.59. The minimum atomic E-state index is -0.248. The molecule has 2 aliphatic rings. The third-order valence-electron chi connectivity index (χ3n) is 3.33. The van der Waals surface area contributed by atoms with E-state index in [1.165, 1.54) is 19.3 Å². The zero-order valence-electron chi connectivity index (χ0n) is 7.35. The van der Waals surface area contributed by atoms with Crippen LogP contribution in [0.4, 0.5) is 0 Å². The Morgan fingerprint density at radius 3 is 2.09 bits per heavy atom. The molecule has 1 aliphatic carbocycles. The zero-order valence-corrected chi connectivity index (χ0v) is 7.35. The van der Waals surface area contributed by atoms with Crippen LogP contribution in [0.25, 0.3) is 0 Å². The lowest BCUT2D eigenvalue weighted by Crippen LogP contribution is -2.37. The molecule has 1 heterocycles. The van der Waals surface area contributed by atoms with Crippen molar-refractivity contribution in [2.45, 2.75) is 38.9 Å². The van der Waals surface area contributed by atoms with Gasteiger partial charge in [-0.1, -0.05) is 6.92 Å². The van der Waals surface area contributed by atoms with Crippen molar-refractivity contribution < 1.29 is 9.47 Å². The van der Waals surface area contributed by atoms with Gasteiger partial charge in [0.1, 0.15) is 0 Å². The Balaban J connectivity index is 2.12. The van der Waals surface area contributed by atoms with Crippen molar-refractivity contribution in [1.29, 1.82) is 0 Å². The van der Waals surface area contributed by atoms with Gasteiger partial charge in [-0.05, 0) is 26.2 Å². The first-order valence-corrected chi connectivity index (χ1v) is 4.50. The summed E-state index contributed by atoms with van der Waals surface area (Å²) in [6.45, 7) is 5.87. The topological polar surface area (TPSA) is 18.5 Å². The lowest BCUT2D eigenvalue weighted by atomic mass is 9.93. The van der Waals surface area contributed by atoms with Gasteiger partial charge in [0.05, 0.1) is 13.2 Å². The molecule has 0 bridgehead atoms. The summed E-state index contributed by atoms with van der Waals surface area (Å²) >= 11 is 0. The SMILES string of the molecule is CCC1(C2(C)OCCO2)CC1. The van der Waals surface area contributed by atoms with Gasteiger partial charge in [-0.25, -0.2) is 0 Å². The monoisotopic (exact) mass is 156 g/mol. The molecular formula is C9H16O2. The number of hydrogen-bond acceptors (Lipinski definition) is 2. The van der Waals surface area contributed by atoms with E-state index in [1.807, 2.05) is 0 Å². The Morgan fingerprint density at radius 1 is 1.18 bits per heavy atom. The minimum Gasteiger partial charge on any atom is -0.347 e. The van der Waals surface area contributed by atoms with Crippen LogP contribution in [0.3, 0.4) is 0 Å². The first-order chi connectivity index (χ1) is 5.22. The van der Waals surface area contributed by atoms with Crippen LogP contribution in [0.15, 0.2) is 0 Å². The molecule has 2 fully saturated rings. The van der Waals surface area contributed by atoms with E-state index in [2.05, 4.69) is 13.8 Å². The van der Waals surface area contributed by atoms with E-state index in [-0.39, 0.29) is 5.79 Å². The van der Waals surface area contributed by atoms with Crippen LogP contribution in [0.5, 0.6) is 0 Å². The third kappa shape index (κ3) is 0.926. The lowest BCUT2D eigenvalue weighted by molar-refractivity contribution is -0.193. The Labute approximate surface area is 67.9 Å². The smallest absolute Gasteiger partial charge is 0.171 e. The van der Waals surface area contributed by atoms with Gasteiger partial charge in [-0.15, -0.1) is 0 Å². The standard InChI is InChI=1S/C9H16O2/c1-3-9(4-5-9)8(2)10-6-7-11-8/h3-7H2,1-2H3. The van der Waals surface area contributed by atoms with Crippen LogP contribution < -0.4 is 0 Å². The predicted octanol–water partition coefficient (Wildman–Crippen LogP) is 1.94. The second-order valence-corrected chi connectivity index (χ2v) is 3.78. The van der Waals surface area contributed by atoms with Crippen LogP contribution in [-0.2, 0) is 9.47 Å². The highest BCUT2D eigenvalue weighted by atomic mass is 16.7. The maximum absolute atomic E-state index is 5.64. The number of hydrogen-bond donors (Lipinski definition) is 0. The molecule has 0 aromatic carbocycles. The van der Waals surface area contributed by atoms with Crippen LogP contribution >= 0.6 is 0 Å². The summed E-state index contributed by atoms with van der Waals surface area (Å²) in [5, 5.41) is 0. The van der Waals surface area contributed by atoms with Crippen LogP contribution in [-0.4, -0.2) is 19.0 Å². The van der Waals surface area contributed by atoms with Crippen molar-refractivity contribution in [2.75, 3.05) is 13.2 Å². The largest absolute Gasteiger partial charge is 0.347 e. The average molecular weight is 156 g/mol. The predicted molar refractivity (Wildman–Crippen MR) is 42.3 cm³/mol. The van der Waals surface area contributed by atoms with E-state index in [0.29, 0.717) is 5.41 Å². The molecule has 1 saturated carbocycles. The normalized spacial score (nSPS) is 32.2. The summed E-state index contributed by atoms with van der Waals surface area (Å²) in [6.07, 6.45) is 3.74. The molecule has 0 amide bonds. The fourth-order valence-corrected chi connectivity index (χ4v) is 2.10. The number of ether oxygens (including phenoxy) is 2.